The first-order chi connectivity index (χ1) is 24.2. The maximum absolute atomic E-state index is 6.02. The summed E-state index contributed by atoms with van der Waals surface area (Å²) in [5.41, 5.74) is 10.4. The summed E-state index contributed by atoms with van der Waals surface area (Å²) in [6.07, 6.45) is 5.16. The molecule has 0 aliphatic carbocycles. The monoisotopic (exact) mass is 886 g/mol. The number of furan rings is 1. The fourth-order valence-electron chi connectivity index (χ4n) is 6.74. The van der Waals surface area contributed by atoms with Crippen LogP contribution in [0.25, 0.3) is 55.7 Å². The van der Waals surface area contributed by atoms with Gasteiger partial charge in [-0.15, -0.1) is 53.6 Å². The second kappa shape index (κ2) is 15.6. The first-order valence-electron chi connectivity index (χ1n) is 18.3. The molecule has 7 rings (SSSR count). The van der Waals surface area contributed by atoms with Gasteiger partial charge in [-0.3, -0.25) is 9.97 Å². The second-order valence-corrected chi connectivity index (χ2v) is 20.7. The van der Waals surface area contributed by atoms with E-state index in [1.54, 1.807) is 0 Å². The Bertz CT molecular complexity index is 2320. The predicted molar refractivity (Wildman–Crippen MR) is 215 cm³/mol. The molecule has 0 saturated carbocycles. The number of pyridine rings is 3. The van der Waals surface area contributed by atoms with Crippen LogP contribution in [0.1, 0.15) is 83.7 Å². The average Bonchev–Trinajstić information content (AvgIpc) is 3.68. The molecular weight excluding hydrogens is 835 g/mol. The van der Waals surface area contributed by atoms with Crippen molar-refractivity contribution in [3.8, 4) is 22.6 Å². The predicted octanol–water partition coefficient (Wildman–Crippen LogP) is 11.3. The summed E-state index contributed by atoms with van der Waals surface area (Å²) in [5, 5.41) is 3.53. The Kier molecular flexibility index (Phi) is 11.7. The summed E-state index contributed by atoms with van der Waals surface area (Å²) in [6, 6.07) is 27.2. The van der Waals surface area contributed by atoms with Crippen LogP contribution in [-0.4, -0.2) is 32.6 Å². The van der Waals surface area contributed by atoms with E-state index in [1.807, 2.05) is 49.5 Å². The summed E-state index contributed by atoms with van der Waals surface area (Å²) in [7, 11) is -1.43. The molecule has 7 aromatic rings. The number of hydrogen-bond donors (Lipinski definition) is 0. The Hall–Kier alpha value is -3.97. The molecule has 1 radical (unpaired) electrons. The number of aromatic nitrogens is 5. The Morgan fingerprint density at radius 3 is 2.33 bits per heavy atom. The number of aryl methyl sites for hydroxylation is 2. The van der Waals surface area contributed by atoms with E-state index >= 15 is 0 Å². The van der Waals surface area contributed by atoms with E-state index in [4.69, 9.17) is 14.4 Å². The summed E-state index contributed by atoms with van der Waals surface area (Å²) in [5.74, 6) is 1.73. The van der Waals surface area contributed by atoms with Crippen LogP contribution in [0.4, 0.5) is 0 Å². The average molecular weight is 886 g/mol. The van der Waals surface area contributed by atoms with Gasteiger partial charge in [-0.2, -0.15) is 0 Å². The number of hydrogen-bond acceptors (Lipinski definition) is 5. The molecular formula is C44H51IrN5OSi-2. The molecule has 0 N–H and O–H groups in total. The molecule has 0 aliphatic heterocycles. The smallest absolute Gasteiger partial charge is 0.215 e. The molecule has 0 bridgehead atoms. The van der Waals surface area contributed by atoms with Crippen molar-refractivity contribution in [2.75, 3.05) is 0 Å². The number of rotatable bonds is 8. The molecule has 5 heterocycles. The minimum Gasteiger partial charge on any atom is -0.458 e. The van der Waals surface area contributed by atoms with Crippen LogP contribution in [0.15, 0.2) is 77.5 Å². The largest absolute Gasteiger partial charge is 0.458 e. The van der Waals surface area contributed by atoms with E-state index in [-0.39, 0.29) is 25.5 Å². The van der Waals surface area contributed by atoms with Gasteiger partial charge < -0.3 is 14.0 Å². The van der Waals surface area contributed by atoms with Gasteiger partial charge >= 0.3 is 0 Å². The molecule has 5 aromatic heterocycles. The number of benzene rings is 2. The van der Waals surface area contributed by atoms with Crippen LogP contribution in [0.3, 0.4) is 0 Å². The molecule has 273 valence electrons. The fraction of sp³-hybridized carbons (Fsp3) is 0.364. The third kappa shape index (κ3) is 7.71. The number of imidazole rings is 1. The third-order valence-electron chi connectivity index (χ3n) is 10.5. The van der Waals surface area contributed by atoms with Gasteiger partial charge in [0.15, 0.2) is 0 Å². The van der Waals surface area contributed by atoms with Crippen molar-refractivity contribution >= 4 is 46.4 Å². The second-order valence-electron chi connectivity index (χ2n) is 15.7. The third-order valence-corrected chi connectivity index (χ3v) is 12.5. The standard InChI is InChI=1S/C23H21N4O.C21H30NSi.Ir/c1-5-27-21-18(10-11-24-20(21)13(2)3)26-22(27)15-7-9-16-17-8-6-14(4)25-23(17)28-19(16)12-15;1-8-21(3,4)16(2)18-14-19(17-12-10-9-11-13-17)22-15-20(18)23(5,6)7;/h6,8-13H,5H2,1-4H3;9-12,14-16H,8H2,1-7H3;/q2*-1;. The molecule has 0 aliphatic rings. The van der Waals surface area contributed by atoms with Crippen LogP contribution in [0.2, 0.25) is 19.6 Å². The van der Waals surface area contributed by atoms with Crippen molar-refractivity contribution in [1.82, 2.24) is 24.5 Å². The van der Waals surface area contributed by atoms with Crippen LogP contribution in [0, 0.1) is 24.5 Å². The van der Waals surface area contributed by atoms with E-state index in [2.05, 4.69) is 125 Å². The van der Waals surface area contributed by atoms with Gasteiger partial charge in [0, 0.05) is 50.1 Å². The minimum atomic E-state index is -1.43. The molecule has 1 unspecified atom stereocenters. The molecule has 0 spiro atoms. The zero-order valence-electron chi connectivity index (χ0n) is 32.5. The summed E-state index contributed by atoms with van der Waals surface area (Å²) in [6.45, 7) is 25.9. The first-order valence-corrected chi connectivity index (χ1v) is 21.8. The molecule has 2 aromatic carbocycles. The quantitative estimate of drug-likeness (QED) is 0.112. The van der Waals surface area contributed by atoms with Crippen LogP contribution >= 0.6 is 0 Å². The van der Waals surface area contributed by atoms with E-state index in [0.29, 0.717) is 17.5 Å². The zero-order chi connectivity index (χ0) is 36.7. The topological polar surface area (TPSA) is 69.6 Å². The Balaban J connectivity index is 0.000000202. The van der Waals surface area contributed by atoms with Crippen molar-refractivity contribution in [2.24, 2.45) is 5.41 Å². The Morgan fingerprint density at radius 1 is 0.904 bits per heavy atom. The van der Waals surface area contributed by atoms with Crippen molar-refractivity contribution in [2.45, 2.75) is 99.8 Å². The fourth-order valence-corrected chi connectivity index (χ4v) is 8.35. The van der Waals surface area contributed by atoms with Gasteiger partial charge in [-0.1, -0.05) is 96.8 Å². The molecule has 0 saturated heterocycles. The molecule has 0 amide bonds. The maximum Gasteiger partial charge on any atom is 0.215 e. The van der Waals surface area contributed by atoms with E-state index < -0.39 is 8.07 Å². The van der Waals surface area contributed by atoms with Gasteiger partial charge in [0.05, 0.1) is 36.2 Å². The van der Waals surface area contributed by atoms with Gasteiger partial charge in [0.2, 0.25) is 5.71 Å². The van der Waals surface area contributed by atoms with Crippen LogP contribution in [-0.2, 0) is 26.7 Å². The van der Waals surface area contributed by atoms with Crippen LogP contribution in [0.5, 0.6) is 0 Å². The van der Waals surface area contributed by atoms with Gasteiger partial charge in [-0.25, -0.2) is 4.98 Å². The number of nitrogens with zero attached hydrogens (tertiary/aromatic N) is 5. The maximum atomic E-state index is 6.02. The molecule has 6 nitrogen and oxygen atoms in total. The van der Waals surface area contributed by atoms with E-state index in [0.717, 1.165) is 68.0 Å². The van der Waals surface area contributed by atoms with E-state index in [1.165, 1.54) is 17.2 Å². The summed E-state index contributed by atoms with van der Waals surface area (Å²) >= 11 is 0. The Morgan fingerprint density at radius 2 is 1.67 bits per heavy atom. The van der Waals surface area contributed by atoms with Crippen molar-refractivity contribution in [3.63, 3.8) is 0 Å². The first kappa shape index (κ1) is 39.2. The summed E-state index contributed by atoms with van der Waals surface area (Å²) in [4.78, 5) is 18.8. The number of fused-ring (bicyclic) bond motifs is 4. The molecule has 8 heteroatoms. The zero-order valence-corrected chi connectivity index (χ0v) is 35.9. The van der Waals surface area contributed by atoms with Crippen molar-refractivity contribution < 1.29 is 24.5 Å². The van der Waals surface area contributed by atoms with E-state index in [9.17, 15) is 0 Å². The molecule has 0 fully saturated rings. The van der Waals surface area contributed by atoms with Gasteiger partial charge in [0.25, 0.3) is 0 Å². The van der Waals surface area contributed by atoms with Crippen molar-refractivity contribution in [1.29, 1.82) is 0 Å². The minimum absolute atomic E-state index is 0. The Labute approximate surface area is 323 Å². The van der Waals surface area contributed by atoms with Crippen LogP contribution < -0.4 is 5.19 Å². The normalized spacial score (nSPS) is 12.6. The summed E-state index contributed by atoms with van der Waals surface area (Å²) < 4.78 is 8.25. The molecule has 1 atom stereocenters. The SMILES string of the molecule is CCC(C)(C)C(C)c1cc(-c2[c-]cccc2)ncc1[Si](C)(C)C.CCn1c(-c2[c-]cc3c(c2)oc2nc(C)ccc23)nc2ccnc(C(C)C)c21.[Ir]. The van der Waals surface area contributed by atoms with Crippen molar-refractivity contribution in [3.05, 3.63) is 102 Å². The van der Waals surface area contributed by atoms with Gasteiger partial charge in [0.1, 0.15) is 0 Å². The molecule has 52 heavy (non-hydrogen) atoms. The van der Waals surface area contributed by atoms with Gasteiger partial charge in [-0.05, 0) is 54.1 Å².